The summed E-state index contributed by atoms with van der Waals surface area (Å²) in [7, 11) is 0. The lowest BCUT2D eigenvalue weighted by Gasteiger charge is -2.09. The topological polar surface area (TPSA) is 64.1 Å². The molecule has 26 heavy (non-hydrogen) atoms. The highest BCUT2D eigenvalue weighted by Crippen LogP contribution is 2.30. The molecule has 0 saturated heterocycles. The predicted molar refractivity (Wildman–Crippen MR) is 106 cm³/mol. The van der Waals surface area contributed by atoms with Crippen molar-refractivity contribution >= 4 is 49.1 Å². The molecule has 2 aromatic heterocycles. The second kappa shape index (κ2) is 7.23. The zero-order valence-electron chi connectivity index (χ0n) is 13.3. The molecule has 4 rings (SSSR count). The Morgan fingerprint density at radius 1 is 1.04 bits per heavy atom. The molecule has 0 spiro atoms. The molecular weight excluding hydrogens is 414 g/mol. The molecule has 0 atom stereocenters. The number of halogens is 1. The van der Waals surface area contributed by atoms with Gasteiger partial charge in [0.05, 0.1) is 11.1 Å². The van der Waals surface area contributed by atoms with Crippen molar-refractivity contribution in [1.29, 1.82) is 0 Å². The predicted octanol–water partition coefficient (Wildman–Crippen LogP) is 5.50. The van der Waals surface area contributed by atoms with Crippen molar-refractivity contribution in [3.05, 3.63) is 76.3 Å². The number of hydrogen-bond acceptors (Lipinski definition) is 5. The zero-order valence-corrected chi connectivity index (χ0v) is 15.8. The molecule has 2 aromatic carbocycles. The van der Waals surface area contributed by atoms with Crippen LogP contribution in [0.1, 0.15) is 10.4 Å². The van der Waals surface area contributed by atoms with E-state index >= 15 is 0 Å². The average molecular weight is 426 g/mol. The summed E-state index contributed by atoms with van der Waals surface area (Å²) < 4.78 is 7.51. The number of hydrogen-bond donors (Lipinski definition) is 1. The summed E-state index contributed by atoms with van der Waals surface area (Å²) in [5.41, 5.74) is 2.12. The minimum Gasteiger partial charge on any atom is -0.437 e. The molecule has 1 N–H and O–H groups in total. The first-order valence-electron chi connectivity index (χ1n) is 7.73. The van der Waals surface area contributed by atoms with Crippen molar-refractivity contribution in [2.45, 2.75) is 0 Å². The maximum atomic E-state index is 12.3. The molecule has 128 valence electrons. The molecule has 5 nitrogen and oxygen atoms in total. The van der Waals surface area contributed by atoms with Crippen LogP contribution in [0.5, 0.6) is 11.6 Å². The van der Waals surface area contributed by atoms with Crippen LogP contribution in [0.4, 0.5) is 5.69 Å². The van der Waals surface area contributed by atoms with Gasteiger partial charge in [-0.05, 0) is 63.8 Å². The monoisotopic (exact) mass is 425 g/mol. The number of amides is 1. The van der Waals surface area contributed by atoms with E-state index in [4.69, 9.17) is 4.74 Å². The largest absolute Gasteiger partial charge is 0.437 e. The van der Waals surface area contributed by atoms with Crippen LogP contribution in [0.15, 0.2) is 70.8 Å². The SMILES string of the molecule is O=C(Nc1ccc(Oc2ncnc3ccsc23)cc1)c1ccccc1Br. The van der Waals surface area contributed by atoms with Gasteiger partial charge in [-0.15, -0.1) is 11.3 Å². The van der Waals surface area contributed by atoms with Gasteiger partial charge in [0.1, 0.15) is 16.8 Å². The molecular formula is C19H12BrN3O2S. The zero-order chi connectivity index (χ0) is 17.9. The van der Waals surface area contributed by atoms with Crippen LogP contribution in [0.25, 0.3) is 10.2 Å². The first-order valence-corrected chi connectivity index (χ1v) is 9.40. The van der Waals surface area contributed by atoms with E-state index < -0.39 is 0 Å². The summed E-state index contributed by atoms with van der Waals surface area (Å²) in [5.74, 6) is 0.981. The fourth-order valence-corrected chi connectivity index (χ4v) is 3.64. The smallest absolute Gasteiger partial charge is 0.256 e. The minimum atomic E-state index is -0.178. The number of rotatable bonds is 4. The molecule has 0 aliphatic heterocycles. The summed E-state index contributed by atoms with van der Waals surface area (Å²) in [5, 5.41) is 4.82. The van der Waals surface area contributed by atoms with Crippen LogP contribution >= 0.6 is 27.3 Å². The second-order valence-electron chi connectivity index (χ2n) is 5.37. The molecule has 0 fully saturated rings. The number of carbonyl (C=O) groups excluding carboxylic acids is 1. The molecule has 0 unspecified atom stereocenters. The van der Waals surface area contributed by atoms with E-state index in [1.54, 1.807) is 30.3 Å². The normalized spacial score (nSPS) is 10.7. The molecule has 0 saturated carbocycles. The number of benzene rings is 2. The second-order valence-corrected chi connectivity index (χ2v) is 7.14. The minimum absolute atomic E-state index is 0.178. The first kappa shape index (κ1) is 16.7. The maximum Gasteiger partial charge on any atom is 0.256 e. The van der Waals surface area contributed by atoms with Gasteiger partial charge in [0.25, 0.3) is 5.91 Å². The van der Waals surface area contributed by atoms with E-state index in [2.05, 4.69) is 31.2 Å². The standard InChI is InChI=1S/C19H12BrN3O2S/c20-15-4-2-1-3-14(15)18(24)23-12-5-7-13(8-6-12)25-19-17-16(9-10-26-17)21-11-22-19/h1-11H,(H,23,24). The van der Waals surface area contributed by atoms with Crippen LogP contribution < -0.4 is 10.1 Å². The van der Waals surface area contributed by atoms with Gasteiger partial charge < -0.3 is 10.1 Å². The van der Waals surface area contributed by atoms with Crippen molar-refractivity contribution < 1.29 is 9.53 Å². The highest BCUT2D eigenvalue weighted by Gasteiger charge is 2.10. The van der Waals surface area contributed by atoms with Crippen molar-refractivity contribution in [2.24, 2.45) is 0 Å². The van der Waals surface area contributed by atoms with Gasteiger partial charge in [-0.3, -0.25) is 4.79 Å². The molecule has 0 aliphatic rings. The molecule has 0 bridgehead atoms. The Morgan fingerprint density at radius 2 is 1.85 bits per heavy atom. The van der Waals surface area contributed by atoms with E-state index in [0.717, 1.165) is 14.7 Å². The van der Waals surface area contributed by atoms with Crippen molar-refractivity contribution in [3.63, 3.8) is 0 Å². The van der Waals surface area contributed by atoms with Gasteiger partial charge in [-0.25, -0.2) is 9.97 Å². The molecule has 4 aromatic rings. The highest BCUT2D eigenvalue weighted by atomic mass is 79.9. The van der Waals surface area contributed by atoms with Crippen molar-refractivity contribution in [2.75, 3.05) is 5.32 Å². The van der Waals surface area contributed by atoms with Crippen molar-refractivity contribution in [1.82, 2.24) is 9.97 Å². The van der Waals surface area contributed by atoms with Gasteiger partial charge in [0.15, 0.2) is 0 Å². The summed E-state index contributed by atoms with van der Waals surface area (Å²) in [4.78, 5) is 20.7. The Hall–Kier alpha value is -2.77. The van der Waals surface area contributed by atoms with Gasteiger partial charge in [0, 0.05) is 10.2 Å². The van der Waals surface area contributed by atoms with E-state index in [1.807, 2.05) is 29.6 Å². The van der Waals surface area contributed by atoms with Gasteiger partial charge in [-0.2, -0.15) is 0 Å². The van der Waals surface area contributed by atoms with Crippen LogP contribution in [0.3, 0.4) is 0 Å². The van der Waals surface area contributed by atoms with Gasteiger partial charge >= 0.3 is 0 Å². The van der Waals surface area contributed by atoms with Crippen LogP contribution in [-0.2, 0) is 0 Å². The molecule has 1 amide bonds. The Kier molecular flexibility index (Phi) is 4.64. The lowest BCUT2D eigenvalue weighted by Crippen LogP contribution is -2.12. The number of fused-ring (bicyclic) bond motifs is 1. The Balaban J connectivity index is 1.49. The first-order chi connectivity index (χ1) is 12.7. The van der Waals surface area contributed by atoms with Crippen molar-refractivity contribution in [3.8, 4) is 11.6 Å². The summed E-state index contributed by atoms with van der Waals surface area (Å²) in [6.07, 6.45) is 1.48. The van der Waals surface area contributed by atoms with E-state index in [1.165, 1.54) is 17.7 Å². The third-order valence-electron chi connectivity index (χ3n) is 3.66. The molecule has 0 radical (unpaired) electrons. The Morgan fingerprint density at radius 3 is 2.65 bits per heavy atom. The number of aromatic nitrogens is 2. The maximum absolute atomic E-state index is 12.3. The fourth-order valence-electron chi connectivity index (χ4n) is 2.40. The quantitative estimate of drug-likeness (QED) is 0.468. The summed E-state index contributed by atoms with van der Waals surface area (Å²) >= 11 is 4.92. The van der Waals surface area contributed by atoms with Crippen LogP contribution in [-0.4, -0.2) is 15.9 Å². The third-order valence-corrected chi connectivity index (χ3v) is 5.24. The number of nitrogens with one attached hydrogen (secondary N) is 1. The molecule has 0 aliphatic carbocycles. The van der Waals surface area contributed by atoms with Gasteiger partial charge in [0.2, 0.25) is 5.88 Å². The molecule has 7 heteroatoms. The lowest BCUT2D eigenvalue weighted by atomic mass is 10.2. The van der Waals surface area contributed by atoms with E-state index in [9.17, 15) is 4.79 Å². The Labute approximate surface area is 161 Å². The van der Waals surface area contributed by atoms with Gasteiger partial charge in [-0.1, -0.05) is 12.1 Å². The third kappa shape index (κ3) is 3.44. The summed E-state index contributed by atoms with van der Waals surface area (Å²) in [6.45, 7) is 0. The number of thiophene rings is 1. The van der Waals surface area contributed by atoms with Crippen LogP contribution in [0.2, 0.25) is 0 Å². The Bertz CT molecular complexity index is 1080. The number of nitrogens with zero attached hydrogens (tertiary/aromatic N) is 2. The summed E-state index contributed by atoms with van der Waals surface area (Å²) in [6, 6.07) is 16.4. The average Bonchev–Trinajstić information content (AvgIpc) is 3.13. The fraction of sp³-hybridized carbons (Fsp3) is 0. The number of carbonyl (C=O) groups is 1. The lowest BCUT2D eigenvalue weighted by molar-refractivity contribution is 0.102. The van der Waals surface area contributed by atoms with E-state index in [0.29, 0.717) is 22.9 Å². The molecule has 2 heterocycles. The number of ether oxygens (including phenoxy) is 1. The van der Waals surface area contributed by atoms with Crippen LogP contribution in [0, 0.1) is 0 Å². The van der Waals surface area contributed by atoms with E-state index in [-0.39, 0.29) is 5.91 Å². The number of anilines is 1. The highest BCUT2D eigenvalue weighted by molar-refractivity contribution is 9.10.